The summed E-state index contributed by atoms with van der Waals surface area (Å²) < 4.78 is 0. The Morgan fingerprint density at radius 3 is 3.11 bits per heavy atom. The quantitative estimate of drug-likeness (QED) is 0.756. The maximum atomic E-state index is 3.69. The van der Waals surface area contributed by atoms with Gasteiger partial charge in [-0.15, -0.1) is 0 Å². The summed E-state index contributed by atoms with van der Waals surface area (Å²) in [7, 11) is 0. The normalized spacial score (nSPS) is 27.8. The molecule has 0 aliphatic carbocycles. The molecule has 2 aromatic rings. The van der Waals surface area contributed by atoms with Crippen LogP contribution < -0.4 is 0 Å². The molecule has 0 amide bonds. The average molecular weight is 256 g/mol. The number of rotatable bonds is 0. The summed E-state index contributed by atoms with van der Waals surface area (Å²) in [6, 6.07) is 9.62. The van der Waals surface area contributed by atoms with Crippen molar-refractivity contribution in [3.05, 3.63) is 35.5 Å². The lowest BCUT2D eigenvalue weighted by molar-refractivity contribution is 0.231. The van der Waals surface area contributed by atoms with E-state index >= 15 is 0 Å². The van der Waals surface area contributed by atoms with Gasteiger partial charge in [0.2, 0.25) is 0 Å². The fraction of sp³-hybridized carbons (Fsp3) is 0.529. The minimum absolute atomic E-state index is 0. The molecule has 0 bridgehead atoms. The second-order valence-electron chi connectivity index (χ2n) is 6.28. The lowest BCUT2D eigenvalue weighted by Crippen LogP contribution is -2.34. The van der Waals surface area contributed by atoms with E-state index in [1.54, 1.807) is 5.56 Å². The van der Waals surface area contributed by atoms with Gasteiger partial charge in [-0.25, -0.2) is 0 Å². The van der Waals surface area contributed by atoms with Gasteiger partial charge in [0.1, 0.15) is 0 Å². The average Bonchev–Trinajstić information content (AvgIpc) is 2.99. The summed E-state index contributed by atoms with van der Waals surface area (Å²) in [5.74, 6) is 0.660. The van der Waals surface area contributed by atoms with Crippen LogP contribution in [-0.4, -0.2) is 29.0 Å². The predicted molar refractivity (Wildman–Crippen MR) is 81.7 cm³/mol. The summed E-state index contributed by atoms with van der Waals surface area (Å²) in [4.78, 5) is 6.42. The molecule has 1 saturated heterocycles. The van der Waals surface area contributed by atoms with Gasteiger partial charge in [0.15, 0.2) is 0 Å². The van der Waals surface area contributed by atoms with Gasteiger partial charge in [0.05, 0.1) is 0 Å². The highest BCUT2D eigenvalue weighted by Crippen LogP contribution is 2.35. The number of hydrogen-bond acceptors (Lipinski definition) is 1. The Balaban J connectivity index is 0.00000121. The van der Waals surface area contributed by atoms with Gasteiger partial charge in [-0.05, 0) is 49.8 Å². The standard InChI is InChI=1S/C17H22N2.H2/c1-12-11-13-5-4-9-19(13)10-8-15-14-6-2-3-7-16(14)18-17(12)15;/h2-3,6-7,12-13,18H,4-5,8-11H2,1H3;1H. The summed E-state index contributed by atoms with van der Waals surface area (Å²) in [6.07, 6.45) is 5.33. The predicted octanol–water partition coefficient (Wildman–Crippen LogP) is 3.93. The second-order valence-corrected chi connectivity index (χ2v) is 6.28. The molecule has 2 unspecified atom stereocenters. The number of hydrogen-bond donors (Lipinski definition) is 1. The zero-order chi connectivity index (χ0) is 12.8. The molecule has 19 heavy (non-hydrogen) atoms. The number of para-hydroxylation sites is 1. The number of nitrogens with zero attached hydrogens (tertiary/aromatic N) is 1. The number of aromatic amines is 1. The molecular weight excluding hydrogens is 232 g/mol. The molecular formula is C17H24N2. The third-order valence-electron chi connectivity index (χ3n) is 5.11. The molecule has 2 aliphatic rings. The molecule has 102 valence electrons. The van der Waals surface area contributed by atoms with E-state index in [2.05, 4.69) is 41.1 Å². The summed E-state index contributed by atoms with van der Waals surface area (Å²) in [5.41, 5.74) is 4.41. The smallest absolute Gasteiger partial charge is 0.0459 e. The minimum Gasteiger partial charge on any atom is -0.358 e. The molecule has 2 heteroatoms. The van der Waals surface area contributed by atoms with E-state index in [1.165, 1.54) is 55.4 Å². The molecule has 2 aliphatic heterocycles. The summed E-state index contributed by atoms with van der Waals surface area (Å²) >= 11 is 0. The van der Waals surface area contributed by atoms with Gasteiger partial charge in [-0.1, -0.05) is 25.1 Å². The van der Waals surface area contributed by atoms with Crippen molar-refractivity contribution in [1.82, 2.24) is 9.88 Å². The van der Waals surface area contributed by atoms with Crippen LogP contribution in [0.15, 0.2) is 24.3 Å². The molecule has 1 aromatic carbocycles. The van der Waals surface area contributed by atoms with Crippen LogP contribution in [0.3, 0.4) is 0 Å². The topological polar surface area (TPSA) is 19.0 Å². The SMILES string of the molecule is CC1CC2CCCN2CCc2c1[nH]c1ccccc21.[HH]. The largest absolute Gasteiger partial charge is 0.358 e. The Bertz CT molecular complexity index is 604. The van der Waals surface area contributed by atoms with E-state index < -0.39 is 0 Å². The minimum atomic E-state index is 0. The third kappa shape index (κ3) is 1.81. The van der Waals surface area contributed by atoms with E-state index in [9.17, 15) is 0 Å². The highest BCUT2D eigenvalue weighted by atomic mass is 15.2. The lowest BCUT2D eigenvalue weighted by Gasteiger charge is -2.30. The van der Waals surface area contributed by atoms with Crippen molar-refractivity contribution in [2.24, 2.45) is 0 Å². The van der Waals surface area contributed by atoms with E-state index in [1.807, 2.05) is 0 Å². The van der Waals surface area contributed by atoms with E-state index in [0.717, 1.165) is 6.04 Å². The fourth-order valence-electron chi connectivity index (χ4n) is 4.15. The van der Waals surface area contributed by atoms with Crippen molar-refractivity contribution in [3.63, 3.8) is 0 Å². The number of H-pyrrole nitrogens is 1. The lowest BCUT2D eigenvalue weighted by atomic mass is 9.91. The Labute approximate surface area is 116 Å². The molecule has 1 fully saturated rings. The summed E-state index contributed by atoms with van der Waals surface area (Å²) in [6.45, 7) is 4.96. The van der Waals surface area contributed by atoms with Gasteiger partial charge in [0, 0.05) is 30.6 Å². The molecule has 3 heterocycles. The van der Waals surface area contributed by atoms with Crippen LogP contribution in [0.2, 0.25) is 0 Å². The first-order valence-electron chi connectivity index (χ1n) is 7.66. The van der Waals surface area contributed by atoms with Gasteiger partial charge in [-0.3, -0.25) is 0 Å². The fourth-order valence-corrected chi connectivity index (χ4v) is 4.15. The number of fused-ring (bicyclic) bond motifs is 4. The Morgan fingerprint density at radius 2 is 2.16 bits per heavy atom. The van der Waals surface area contributed by atoms with E-state index in [-0.39, 0.29) is 1.43 Å². The maximum Gasteiger partial charge on any atom is 0.0459 e. The van der Waals surface area contributed by atoms with Crippen molar-refractivity contribution in [2.75, 3.05) is 13.1 Å². The Hall–Kier alpha value is -1.28. The molecule has 0 spiro atoms. The molecule has 4 rings (SSSR count). The maximum absolute atomic E-state index is 3.69. The van der Waals surface area contributed by atoms with Gasteiger partial charge >= 0.3 is 0 Å². The highest BCUT2D eigenvalue weighted by Gasteiger charge is 2.30. The number of nitrogens with one attached hydrogen (secondary N) is 1. The summed E-state index contributed by atoms with van der Waals surface area (Å²) in [5, 5.41) is 1.45. The van der Waals surface area contributed by atoms with Crippen molar-refractivity contribution >= 4 is 10.9 Å². The van der Waals surface area contributed by atoms with Crippen LogP contribution in [0.5, 0.6) is 0 Å². The number of benzene rings is 1. The van der Waals surface area contributed by atoms with E-state index in [4.69, 9.17) is 0 Å². The molecule has 2 atom stereocenters. The second kappa shape index (κ2) is 4.38. The van der Waals surface area contributed by atoms with E-state index in [0.29, 0.717) is 5.92 Å². The van der Waals surface area contributed by atoms with Crippen molar-refractivity contribution in [3.8, 4) is 0 Å². The van der Waals surface area contributed by atoms with Crippen molar-refractivity contribution in [1.29, 1.82) is 0 Å². The van der Waals surface area contributed by atoms with Crippen LogP contribution in [0, 0.1) is 0 Å². The van der Waals surface area contributed by atoms with Crippen molar-refractivity contribution in [2.45, 2.75) is 44.6 Å². The molecule has 1 aromatic heterocycles. The Kier molecular flexibility index (Phi) is 2.66. The zero-order valence-corrected chi connectivity index (χ0v) is 11.7. The van der Waals surface area contributed by atoms with Gasteiger partial charge in [0.25, 0.3) is 0 Å². The first-order valence-corrected chi connectivity index (χ1v) is 7.66. The van der Waals surface area contributed by atoms with Crippen LogP contribution in [0.25, 0.3) is 10.9 Å². The van der Waals surface area contributed by atoms with Crippen LogP contribution in [-0.2, 0) is 6.42 Å². The zero-order valence-electron chi connectivity index (χ0n) is 11.7. The first kappa shape index (κ1) is 11.5. The van der Waals surface area contributed by atoms with Gasteiger partial charge in [-0.2, -0.15) is 0 Å². The highest BCUT2D eigenvalue weighted by molar-refractivity contribution is 5.84. The van der Waals surface area contributed by atoms with Gasteiger partial charge < -0.3 is 9.88 Å². The number of aromatic nitrogens is 1. The monoisotopic (exact) mass is 256 g/mol. The molecule has 2 nitrogen and oxygen atoms in total. The molecule has 1 N–H and O–H groups in total. The van der Waals surface area contributed by atoms with Crippen LogP contribution in [0.1, 0.15) is 44.8 Å². The molecule has 0 radical (unpaired) electrons. The van der Waals surface area contributed by atoms with Crippen LogP contribution in [0.4, 0.5) is 0 Å². The first-order chi connectivity index (χ1) is 9.33. The Morgan fingerprint density at radius 1 is 1.26 bits per heavy atom. The van der Waals surface area contributed by atoms with Crippen molar-refractivity contribution < 1.29 is 1.43 Å². The third-order valence-corrected chi connectivity index (χ3v) is 5.11. The molecule has 0 saturated carbocycles. The van der Waals surface area contributed by atoms with Crippen LogP contribution >= 0.6 is 0 Å².